The fraction of sp³-hybridized carbons (Fsp3) is 0.455. The molecule has 0 atom stereocenters. The van der Waals surface area contributed by atoms with Gasteiger partial charge in [-0.2, -0.15) is 0 Å². The van der Waals surface area contributed by atoms with Crippen LogP contribution in [0.1, 0.15) is 19.3 Å². The van der Waals surface area contributed by atoms with Crippen LogP contribution >= 0.6 is 0 Å². The Morgan fingerprint density at radius 3 is 2.61 bits per heavy atom. The van der Waals surface area contributed by atoms with Gasteiger partial charge in [-0.15, -0.1) is 5.53 Å². The van der Waals surface area contributed by atoms with Crippen LogP contribution < -0.4 is 15.2 Å². The van der Waals surface area contributed by atoms with Crippen molar-refractivity contribution in [2.24, 2.45) is 0 Å². The highest BCUT2D eigenvalue weighted by Crippen LogP contribution is 2.28. The quantitative estimate of drug-likeness (QED) is 0.698. The molecule has 1 fully saturated rings. The number of piperazine rings is 1. The lowest BCUT2D eigenvalue weighted by Crippen LogP contribution is -2.46. The van der Waals surface area contributed by atoms with Crippen molar-refractivity contribution >= 4 is 5.69 Å². The second-order valence-corrected chi connectivity index (χ2v) is 7.48. The van der Waals surface area contributed by atoms with Crippen LogP contribution in [0.3, 0.4) is 0 Å². The maximum atomic E-state index is 5.51. The lowest BCUT2D eigenvalue weighted by molar-refractivity contribution is 0.170. The third kappa shape index (κ3) is 4.51. The first-order valence-corrected chi connectivity index (χ1v) is 10.3. The molecule has 0 spiro atoms. The SMILES string of the molecule is COc1ccccc1N1CCN(CCCCCN2C=C3C=CC=CN3N2)CC1. The Morgan fingerprint density at radius 1 is 0.964 bits per heavy atom. The maximum absolute atomic E-state index is 5.51. The average Bonchev–Trinajstić information content (AvgIpc) is 3.17. The Labute approximate surface area is 168 Å². The molecule has 6 heteroatoms. The van der Waals surface area contributed by atoms with E-state index in [4.69, 9.17) is 4.74 Å². The van der Waals surface area contributed by atoms with Crippen LogP contribution in [0.15, 0.2) is 60.6 Å². The molecule has 0 aromatic heterocycles. The zero-order valence-corrected chi connectivity index (χ0v) is 16.8. The number of anilines is 1. The topological polar surface area (TPSA) is 34.2 Å². The molecule has 150 valence electrons. The number of allylic oxidation sites excluding steroid dienone is 3. The van der Waals surface area contributed by atoms with E-state index in [-0.39, 0.29) is 0 Å². The number of para-hydroxylation sites is 2. The standard InChI is InChI=1S/C22H31N5O/c1-28-22-11-4-3-10-21(22)25-17-15-24(16-18-25)12-6-2-7-13-26-19-20-9-5-8-14-27(20)23-26/h3-5,8-11,14,19,23H,2,6-7,12-13,15-18H2,1H3. The number of fused-ring (bicyclic) bond motifs is 1. The molecule has 1 saturated heterocycles. The summed E-state index contributed by atoms with van der Waals surface area (Å²) in [4.78, 5) is 5.04. The number of benzene rings is 1. The Kier molecular flexibility index (Phi) is 6.19. The van der Waals surface area contributed by atoms with Crippen LogP contribution in [-0.4, -0.2) is 61.3 Å². The first kappa shape index (κ1) is 18.9. The highest BCUT2D eigenvalue weighted by atomic mass is 16.5. The molecular formula is C22H31N5O. The normalized spacial score (nSPS) is 19.2. The predicted octanol–water partition coefficient (Wildman–Crippen LogP) is 2.95. The molecule has 0 radical (unpaired) electrons. The van der Waals surface area contributed by atoms with E-state index in [1.807, 2.05) is 18.2 Å². The lowest BCUT2D eigenvalue weighted by Gasteiger charge is -2.36. The van der Waals surface area contributed by atoms with Crippen LogP contribution in [0.5, 0.6) is 5.75 Å². The number of hydrazine groups is 2. The van der Waals surface area contributed by atoms with Gasteiger partial charge in [0.1, 0.15) is 5.75 Å². The summed E-state index contributed by atoms with van der Waals surface area (Å²) in [7, 11) is 1.75. The summed E-state index contributed by atoms with van der Waals surface area (Å²) in [5.41, 5.74) is 5.80. The minimum absolute atomic E-state index is 0.976. The van der Waals surface area contributed by atoms with E-state index in [0.29, 0.717) is 0 Å². The zero-order chi connectivity index (χ0) is 19.2. The summed E-state index contributed by atoms with van der Waals surface area (Å²) in [6, 6.07) is 8.33. The Hall–Kier alpha value is -2.44. The first-order chi connectivity index (χ1) is 13.8. The van der Waals surface area contributed by atoms with E-state index in [9.17, 15) is 0 Å². The summed E-state index contributed by atoms with van der Waals surface area (Å²) in [6.45, 7) is 6.65. The van der Waals surface area contributed by atoms with Crippen LogP contribution in [-0.2, 0) is 0 Å². The summed E-state index contributed by atoms with van der Waals surface area (Å²) >= 11 is 0. The van der Waals surface area contributed by atoms with Crippen LogP contribution in [0.4, 0.5) is 5.69 Å². The van der Waals surface area contributed by atoms with E-state index < -0.39 is 0 Å². The van der Waals surface area contributed by atoms with E-state index in [2.05, 4.69) is 62.0 Å². The Morgan fingerprint density at radius 2 is 1.79 bits per heavy atom. The molecule has 0 amide bonds. The van der Waals surface area contributed by atoms with Crippen molar-refractivity contribution in [3.63, 3.8) is 0 Å². The second-order valence-electron chi connectivity index (χ2n) is 7.48. The van der Waals surface area contributed by atoms with Crippen LogP contribution in [0.25, 0.3) is 0 Å². The summed E-state index contributed by atoms with van der Waals surface area (Å²) in [5, 5.41) is 4.24. The molecule has 3 aliphatic heterocycles. The lowest BCUT2D eigenvalue weighted by atomic mass is 10.2. The van der Waals surface area contributed by atoms with Crippen molar-refractivity contribution in [3.8, 4) is 5.75 Å². The predicted molar refractivity (Wildman–Crippen MR) is 114 cm³/mol. The molecule has 1 aromatic carbocycles. The summed E-state index contributed by atoms with van der Waals surface area (Å²) in [5.74, 6) is 0.976. The number of unbranched alkanes of at least 4 members (excludes halogenated alkanes) is 2. The summed E-state index contributed by atoms with van der Waals surface area (Å²) in [6.07, 6.45) is 14.2. The van der Waals surface area contributed by atoms with Crippen LogP contribution in [0.2, 0.25) is 0 Å². The van der Waals surface area contributed by atoms with Gasteiger partial charge >= 0.3 is 0 Å². The van der Waals surface area contributed by atoms with E-state index >= 15 is 0 Å². The van der Waals surface area contributed by atoms with Crippen molar-refractivity contribution in [3.05, 3.63) is 60.6 Å². The molecule has 0 bridgehead atoms. The van der Waals surface area contributed by atoms with E-state index in [0.717, 1.165) is 38.5 Å². The summed E-state index contributed by atoms with van der Waals surface area (Å²) < 4.78 is 5.51. The molecule has 1 N–H and O–H groups in total. The average molecular weight is 382 g/mol. The fourth-order valence-electron chi connectivity index (χ4n) is 3.99. The fourth-order valence-corrected chi connectivity index (χ4v) is 3.99. The molecule has 4 rings (SSSR count). The van der Waals surface area contributed by atoms with Gasteiger partial charge in [0.25, 0.3) is 0 Å². The second kappa shape index (κ2) is 9.17. The van der Waals surface area contributed by atoms with Crippen molar-refractivity contribution in [2.75, 3.05) is 51.3 Å². The van der Waals surface area contributed by atoms with Crippen molar-refractivity contribution in [1.82, 2.24) is 20.5 Å². The highest BCUT2D eigenvalue weighted by molar-refractivity contribution is 5.58. The van der Waals surface area contributed by atoms with Crippen LogP contribution in [0, 0.1) is 0 Å². The molecule has 6 nitrogen and oxygen atoms in total. The molecule has 0 aliphatic carbocycles. The number of rotatable bonds is 8. The molecule has 1 aromatic rings. The molecular weight excluding hydrogens is 350 g/mol. The number of hydrogen-bond acceptors (Lipinski definition) is 6. The van der Waals surface area contributed by atoms with Crippen molar-refractivity contribution in [2.45, 2.75) is 19.3 Å². The number of nitrogens with one attached hydrogen (secondary N) is 1. The van der Waals surface area contributed by atoms with Gasteiger partial charge in [-0.1, -0.05) is 24.6 Å². The van der Waals surface area contributed by atoms with Crippen molar-refractivity contribution in [1.29, 1.82) is 0 Å². The number of nitrogens with zero attached hydrogens (tertiary/aromatic N) is 4. The molecule has 28 heavy (non-hydrogen) atoms. The van der Waals surface area contributed by atoms with Gasteiger partial charge in [-0.05, 0) is 43.7 Å². The van der Waals surface area contributed by atoms with E-state index in [1.165, 1.54) is 37.2 Å². The van der Waals surface area contributed by atoms with Gasteiger partial charge in [0, 0.05) is 45.1 Å². The van der Waals surface area contributed by atoms with Gasteiger partial charge in [0.15, 0.2) is 0 Å². The zero-order valence-electron chi connectivity index (χ0n) is 16.8. The molecule has 0 unspecified atom stereocenters. The minimum Gasteiger partial charge on any atom is -0.495 e. The van der Waals surface area contributed by atoms with Gasteiger partial charge in [-0.3, -0.25) is 14.9 Å². The Balaban J connectivity index is 1.12. The van der Waals surface area contributed by atoms with E-state index in [1.54, 1.807) is 7.11 Å². The molecule has 0 saturated carbocycles. The smallest absolute Gasteiger partial charge is 0.142 e. The van der Waals surface area contributed by atoms with Gasteiger partial charge in [-0.25, -0.2) is 0 Å². The largest absolute Gasteiger partial charge is 0.495 e. The number of methoxy groups -OCH3 is 1. The van der Waals surface area contributed by atoms with Gasteiger partial charge in [0.2, 0.25) is 0 Å². The minimum atomic E-state index is 0.976. The maximum Gasteiger partial charge on any atom is 0.142 e. The number of hydrogen-bond donors (Lipinski definition) is 1. The monoisotopic (exact) mass is 381 g/mol. The third-order valence-corrected chi connectivity index (χ3v) is 5.59. The Bertz CT molecular complexity index is 736. The van der Waals surface area contributed by atoms with Crippen molar-refractivity contribution < 1.29 is 4.74 Å². The number of ether oxygens (including phenoxy) is 1. The molecule has 3 heterocycles. The third-order valence-electron chi connectivity index (χ3n) is 5.59. The highest BCUT2D eigenvalue weighted by Gasteiger charge is 2.20. The molecule has 3 aliphatic rings. The van der Waals surface area contributed by atoms with Gasteiger partial charge in [0.05, 0.1) is 18.5 Å². The van der Waals surface area contributed by atoms with Gasteiger partial charge < -0.3 is 9.64 Å². The first-order valence-electron chi connectivity index (χ1n) is 10.3.